The third-order valence-electron chi connectivity index (χ3n) is 5.04. The summed E-state index contributed by atoms with van der Waals surface area (Å²) in [6.07, 6.45) is 1.18. The summed E-state index contributed by atoms with van der Waals surface area (Å²) in [7, 11) is 1.63. The van der Waals surface area contributed by atoms with Crippen LogP contribution in [0.4, 0.5) is 5.82 Å². The molecule has 0 spiro atoms. The first-order chi connectivity index (χ1) is 15.6. The summed E-state index contributed by atoms with van der Waals surface area (Å²) in [5.41, 5.74) is 1.72. The van der Waals surface area contributed by atoms with Crippen LogP contribution in [-0.4, -0.2) is 76.3 Å². The second-order valence-electron chi connectivity index (χ2n) is 7.32. The second-order valence-corrected chi connectivity index (χ2v) is 7.32. The molecule has 170 valence electrons. The van der Waals surface area contributed by atoms with Crippen molar-refractivity contribution >= 4 is 5.82 Å². The Morgan fingerprint density at radius 3 is 2.69 bits per heavy atom. The number of morpholine rings is 1. The van der Waals surface area contributed by atoms with Crippen molar-refractivity contribution in [1.82, 2.24) is 19.7 Å². The average Bonchev–Trinajstić information content (AvgIpc) is 3.33. The summed E-state index contributed by atoms with van der Waals surface area (Å²) in [6.45, 7) is 2.98. The van der Waals surface area contributed by atoms with E-state index >= 15 is 0 Å². The zero-order chi connectivity index (χ0) is 22.3. The van der Waals surface area contributed by atoms with E-state index < -0.39 is 6.29 Å². The molecular formula is C22H27N5O5. The zero-order valence-electron chi connectivity index (χ0n) is 17.9. The maximum Gasteiger partial charge on any atom is 0.320 e. The van der Waals surface area contributed by atoms with E-state index in [1.54, 1.807) is 11.8 Å². The van der Waals surface area contributed by atoms with Crippen molar-refractivity contribution in [3.05, 3.63) is 42.6 Å². The molecule has 0 unspecified atom stereocenters. The van der Waals surface area contributed by atoms with Crippen LogP contribution in [0.15, 0.2) is 42.6 Å². The van der Waals surface area contributed by atoms with E-state index in [0.29, 0.717) is 25.5 Å². The number of hydrogen-bond acceptors (Lipinski definition) is 9. The lowest BCUT2D eigenvalue weighted by Crippen LogP contribution is -2.37. The number of methoxy groups -OCH3 is 1. The molecule has 0 amide bonds. The van der Waals surface area contributed by atoms with Crippen molar-refractivity contribution in [3.63, 3.8) is 0 Å². The predicted molar refractivity (Wildman–Crippen MR) is 117 cm³/mol. The molecule has 1 aliphatic rings. The Kier molecular flexibility index (Phi) is 7.15. The number of hydrogen-bond donors (Lipinski definition) is 2. The highest BCUT2D eigenvalue weighted by molar-refractivity contribution is 5.61. The predicted octanol–water partition coefficient (Wildman–Crippen LogP) is 1.64. The SMILES string of the molecule is COc1cccc(-c2ccn(-c3cc(N4CCOCC4)nc(OCCCC(O)O)n3)n2)c1. The van der Waals surface area contributed by atoms with Crippen molar-refractivity contribution in [2.75, 3.05) is 44.9 Å². The van der Waals surface area contributed by atoms with Gasteiger partial charge in [0.1, 0.15) is 11.6 Å². The molecule has 1 saturated heterocycles. The first-order valence-corrected chi connectivity index (χ1v) is 10.5. The van der Waals surface area contributed by atoms with Crippen LogP contribution in [0.3, 0.4) is 0 Å². The van der Waals surface area contributed by atoms with Gasteiger partial charge in [0.15, 0.2) is 12.1 Å². The lowest BCUT2D eigenvalue weighted by Gasteiger charge is -2.28. The van der Waals surface area contributed by atoms with Gasteiger partial charge >= 0.3 is 6.01 Å². The molecule has 10 heteroatoms. The Morgan fingerprint density at radius 2 is 1.91 bits per heavy atom. The van der Waals surface area contributed by atoms with Crippen molar-refractivity contribution in [3.8, 4) is 28.8 Å². The largest absolute Gasteiger partial charge is 0.497 e. The van der Waals surface area contributed by atoms with Gasteiger partial charge in [-0.05, 0) is 24.6 Å². The number of benzene rings is 1. The Labute approximate surface area is 186 Å². The van der Waals surface area contributed by atoms with Gasteiger partial charge in [-0.25, -0.2) is 4.68 Å². The number of aromatic nitrogens is 4. The van der Waals surface area contributed by atoms with Crippen LogP contribution in [0.5, 0.6) is 11.8 Å². The summed E-state index contributed by atoms with van der Waals surface area (Å²) < 4.78 is 18.2. The Bertz CT molecular complexity index is 1020. The smallest absolute Gasteiger partial charge is 0.320 e. The standard InChI is InChI=1S/C22H27N5O5/c1-30-17-5-2-4-16(14-17)18-7-8-27(25-18)20-15-19(26-9-12-31-13-10-26)23-22(24-20)32-11-3-6-21(28)29/h2,4-5,7-8,14-15,21,28-29H,3,6,9-13H2,1H3. The number of aliphatic hydroxyl groups excluding tert-OH is 1. The van der Waals surface area contributed by atoms with Crippen molar-refractivity contribution in [2.45, 2.75) is 19.1 Å². The molecule has 3 heterocycles. The van der Waals surface area contributed by atoms with Gasteiger partial charge in [0, 0.05) is 37.3 Å². The van der Waals surface area contributed by atoms with Gasteiger partial charge in [0.05, 0.1) is 32.6 Å². The van der Waals surface area contributed by atoms with E-state index in [4.69, 9.17) is 24.4 Å². The molecule has 1 aromatic carbocycles. The van der Waals surface area contributed by atoms with Crippen LogP contribution < -0.4 is 14.4 Å². The van der Waals surface area contributed by atoms with E-state index in [1.165, 1.54) is 0 Å². The number of aliphatic hydroxyl groups is 2. The summed E-state index contributed by atoms with van der Waals surface area (Å²) in [5, 5.41) is 22.7. The van der Waals surface area contributed by atoms with Gasteiger partial charge < -0.3 is 29.3 Å². The third-order valence-corrected chi connectivity index (χ3v) is 5.04. The molecular weight excluding hydrogens is 414 g/mol. The molecule has 0 aliphatic carbocycles. The van der Waals surface area contributed by atoms with E-state index in [2.05, 4.69) is 20.0 Å². The van der Waals surface area contributed by atoms with Crippen molar-refractivity contribution in [2.24, 2.45) is 0 Å². The molecule has 2 N–H and O–H groups in total. The first kappa shape index (κ1) is 22.0. The molecule has 4 rings (SSSR count). The monoisotopic (exact) mass is 441 g/mol. The number of nitrogens with zero attached hydrogens (tertiary/aromatic N) is 5. The highest BCUT2D eigenvalue weighted by atomic mass is 16.5. The van der Waals surface area contributed by atoms with Gasteiger partial charge in [-0.15, -0.1) is 0 Å². The van der Waals surface area contributed by atoms with Crippen molar-refractivity contribution < 1.29 is 24.4 Å². The highest BCUT2D eigenvalue weighted by Gasteiger charge is 2.17. The Hall–Kier alpha value is -3.21. The summed E-state index contributed by atoms with van der Waals surface area (Å²) >= 11 is 0. The van der Waals surface area contributed by atoms with Crippen LogP contribution in [0.2, 0.25) is 0 Å². The molecule has 1 aliphatic heterocycles. The molecule has 10 nitrogen and oxygen atoms in total. The maximum absolute atomic E-state index is 9.02. The van der Waals surface area contributed by atoms with Crippen LogP contribution in [-0.2, 0) is 4.74 Å². The fraction of sp³-hybridized carbons (Fsp3) is 0.409. The molecule has 0 bridgehead atoms. The second kappa shape index (κ2) is 10.4. The minimum atomic E-state index is -1.35. The summed E-state index contributed by atoms with van der Waals surface area (Å²) in [5.74, 6) is 2.07. The Morgan fingerprint density at radius 1 is 1.09 bits per heavy atom. The zero-order valence-corrected chi connectivity index (χ0v) is 17.9. The maximum atomic E-state index is 9.02. The van der Waals surface area contributed by atoms with E-state index in [1.807, 2.05) is 42.6 Å². The molecule has 0 radical (unpaired) electrons. The summed E-state index contributed by atoms with van der Waals surface area (Å²) in [6, 6.07) is 11.7. The van der Waals surface area contributed by atoms with Crippen LogP contribution >= 0.6 is 0 Å². The number of rotatable bonds is 9. The molecule has 0 saturated carbocycles. The van der Waals surface area contributed by atoms with Gasteiger partial charge in [-0.3, -0.25) is 0 Å². The molecule has 3 aromatic rings. The lowest BCUT2D eigenvalue weighted by atomic mass is 10.1. The van der Waals surface area contributed by atoms with Crippen LogP contribution in [0.25, 0.3) is 17.1 Å². The lowest BCUT2D eigenvalue weighted by molar-refractivity contribution is -0.0481. The van der Waals surface area contributed by atoms with Gasteiger partial charge in [-0.2, -0.15) is 15.1 Å². The number of ether oxygens (including phenoxy) is 3. The summed E-state index contributed by atoms with van der Waals surface area (Å²) in [4.78, 5) is 11.2. The quantitative estimate of drug-likeness (QED) is 0.378. The fourth-order valence-electron chi connectivity index (χ4n) is 3.35. The van der Waals surface area contributed by atoms with E-state index in [9.17, 15) is 0 Å². The van der Waals surface area contributed by atoms with Gasteiger partial charge in [-0.1, -0.05) is 12.1 Å². The minimum absolute atomic E-state index is 0.217. The van der Waals surface area contributed by atoms with Gasteiger partial charge in [0.2, 0.25) is 0 Å². The van der Waals surface area contributed by atoms with Gasteiger partial charge in [0.25, 0.3) is 0 Å². The first-order valence-electron chi connectivity index (χ1n) is 10.5. The molecule has 2 aromatic heterocycles. The molecule has 32 heavy (non-hydrogen) atoms. The van der Waals surface area contributed by atoms with E-state index in [-0.39, 0.29) is 19.0 Å². The normalized spacial score (nSPS) is 14.1. The van der Waals surface area contributed by atoms with Crippen molar-refractivity contribution in [1.29, 1.82) is 0 Å². The molecule has 1 fully saturated rings. The third kappa shape index (κ3) is 5.52. The van der Waals surface area contributed by atoms with Crippen LogP contribution in [0.1, 0.15) is 12.8 Å². The fourth-order valence-corrected chi connectivity index (χ4v) is 3.35. The van der Waals surface area contributed by atoms with Crippen LogP contribution in [0, 0.1) is 0 Å². The van der Waals surface area contributed by atoms with E-state index in [0.717, 1.165) is 35.9 Å². The Balaban J connectivity index is 1.60. The molecule has 0 atom stereocenters. The average molecular weight is 441 g/mol. The highest BCUT2D eigenvalue weighted by Crippen LogP contribution is 2.24. The number of anilines is 1. The topological polar surface area (TPSA) is 115 Å². The minimum Gasteiger partial charge on any atom is -0.497 e.